The summed E-state index contributed by atoms with van der Waals surface area (Å²) < 4.78 is 27.5. The number of hydrogen-bond acceptors (Lipinski definition) is 3. The summed E-state index contributed by atoms with van der Waals surface area (Å²) >= 11 is 0. The third-order valence-electron chi connectivity index (χ3n) is 3.91. The molecule has 0 spiro atoms. The lowest BCUT2D eigenvalue weighted by molar-refractivity contribution is 0.395. The number of aryl methyl sites for hydroxylation is 1. The molecule has 112 valence electrons. The van der Waals surface area contributed by atoms with Crippen molar-refractivity contribution in [3.63, 3.8) is 0 Å². The lowest BCUT2D eigenvalue weighted by atomic mass is 10.1. The number of benzene rings is 1. The summed E-state index contributed by atoms with van der Waals surface area (Å²) in [5.41, 5.74) is 8.08. The first-order chi connectivity index (χ1) is 9.37. The predicted molar refractivity (Wildman–Crippen MR) is 82.2 cm³/mol. The van der Waals surface area contributed by atoms with Crippen LogP contribution in [0.4, 0.5) is 5.69 Å². The molecule has 1 saturated carbocycles. The summed E-state index contributed by atoms with van der Waals surface area (Å²) in [7, 11) is -3.43. The monoisotopic (exact) mass is 296 g/mol. The molecule has 0 atom stereocenters. The molecule has 1 fully saturated rings. The summed E-state index contributed by atoms with van der Waals surface area (Å²) in [5, 5.41) is 0. The van der Waals surface area contributed by atoms with E-state index in [0.29, 0.717) is 17.1 Å². The molecule has 2 N–H and O–H groups in total. The van der Waals surface area contributed by atoms with Crippen molar-refractivity contribution in [1.82, 2.24) is 4.31 Å². The highest BCUT2D eigenvalue weighted by Crippen LogP contribution is 2.34. The molecular weight excluding hydrogens is 272 g/mol. The van der Waals surface area contributed by atoms with Gasteiger partial charge in [-0.15, -0.1) is 0 Å². The van der Waals surface area contributed by atoms with E-state index in [9.17, 15) is 8.42 Å². The molecule has 2 rings (SSSR count). The Morgan fingerprint density at radius 2 is 1.95 bits per heavy atom. The van der Waals surface area contributed by atoms with Crippen LogP contribution in [0.25, 0.3) is 0 Å². The van der Waals surface area contributed by atoms with Crippen LogP contribution in [0, 0.1) is 13.8 Å². The molecule has 4 nitrogen and oxygen atoms in total. The van der Waals surface area contributed by atoms with Crippen molar-refractivity contribution in [3.05, 3.63) is 23.3 Å². The molecule has 0 saturated heterocycles. The number of sulfonamides is 1. The van der Waals surface area contributed by atoms with E-state index in [1.54, 1.807) is 10.4 Å². The molecule has 0 bridgehead atoms. The Hall–Kier alpha value is -1.07. The second kappa shape index (κ2) is 5.74. The molecule has 0 unspecified atom stereocenters. The Morgan fingerprint density at radius 3 is 2.50 bits per heavy atom. The lowest BCUT2D eigenvalue weighted by Crippen LogP contribution is -2.34. The molecule has 0 heterocycles. The molecule has 20 heavy (non-hydrogen) atoms. The van der Waals surface area contributed by atoms with E-state index >= 15 is 0 Å². The quantitative estimate of drug-likeness (QED) is 0.821. The van der Waals surface area contributed by atoms with Crippen molar-refractivity contribution >= 4 is 15.7 Å². The van der Waals surface area contributed by atoms with Gasteiger partial charge in [0.1, 0.15) is 0 Å². The average molecular weight is 296 g/mol. The number of hydrogen-bond donors (Lipinski definition) is 1. The Labute approximate surface area is 122 Å². The fourth-order valence-corrected chi connectivity index (χ4v) is 4.48. The minimum atomic E-state index is -3.43. The number of anilines is 1. The Morgan fingerprint density at radius 1 is 1.30 bits per heavy atom. The molecular formula is C15H24N2O2S. The highest BCUT2D eigenvalue weighted by molar-refractivity contribution is 7.89. The third-order valence-corrected chi connectivity index (χ3v) is 5.99. The van der Waals surface area contributed by atoms with Gasteiger partial charge in [0.25, 0.3) is 0 Å². The van der Waals surface area contributed by atoms with E-state index in [4.69, 9.17) is 5.73 Å². The predicted octanol–water partition coefficient (Wildman–Crippen LogP) is 2.84. The van der Waals surface area contributed by atoms with E-state index in [-0.39, 0.29) is 6.04 Å². The first-order valence-corrected chi connectivity index (χ1v) is 8.70. The molecule has 0 amide bonds. The van der Waals surface area contributed by atoms with Crippen molar-refractivity contribution in [2.24, 2.45) is 0 Å². The van der Waals surface area contributed by atoms with Gasteiger partial charge in [0.2, 0.25) is 10.0 Å². The molecule has 1 aliphatic rings. The van der Waals surface area contributed by atoms with Crippen LogP contribution in [0.5, 0.6) is 0 Å². The summed E-state index contributed by atoms with van der Waals surface area (Å²) in [5.74, 6) is 0. The standard InChI is InChI=1S/C15H24N2O2S/c1-4-5-8-17(14-6-7-14)20(18,19)15-10-13(16)9-11(2)12(15)3/h9-10,14H,4-8,16H2,1-3H3. The van der Waals surface area contributed by atoms with E-state index < -0.39 is 10.0 Å². The van der Waals surface area contributed by atoms with Crippen molar-refractivity contribution in [1.29, 1.82) is 0 Å². The number of nitrogen functional groups attached to an aromatic ring is 1. The van der Waals surface area contributed by atoms with Crippen LogP contribution in [-0.4, -0.2) is 25.3 Å². The van der Waals surface area contributed by atoms with Crippen LogP contribution in [0.15, 0.2) is 17.0 Å². The summed E-state index contributed by atoms with van der Waals surface area (Å²) in [6.07, 6.45) is 3.84. The first-order valence-electron chi connectivity index (χ1n) is 7.26. The fraction of sp³-hybridized carbons (Fsp3) is 0.600. The van der Waals surface area contributed by atoms with E-state index in [2.05, 4.69) is 6.92 Å². The zero-order valence-electron chi connectivity index (χ0n) is 12.5. The zero-order valence-corrected chi connectivity index (χ0v) is 13.3. The highest BCUT2D eigenvalue weighted by atomic mass is 32.2. The second-order valence-electron chi connectivity index (χ2n) is 5.66. The van der Waals surface area contributed by atoms with Gasteiger partial charge >= 0.3 is 0 Å². The summed E-state index contributed by atoms with van der Waals surface area (Å²) in [6, 6.07) is 3.61. The fourth-order valence-electron chi connectivity index (χ4n) is 2.42. The van der Waals surface area contributed by atoms with Gasteiger partial charge in [0.15, 0.2) is 0 Å². The molecule has 0 aliphatic heterocycles. The highest BCUT2D eigenvalue weighted by Gasteiger charge is 2.38. The zero-order chi connectivity index (χ0) is 14.9. The largest absolute Gasteiger partial charge is 0.399 e. The summed E-state index contributed by atoms with van der Waals surface area (Å²) in [6.45, 7) is 6.44. The normalized spacial score (nSPS) is 15.8. The SMILES string of the molecule is CCCCN(C1CC1)S(=O)(=O)c1cc(N)cc(C)c1C. The first kappa shape index (κ1) is 15.3. The number of unbranched alkanes of at least 4 members (excludes halogenated alkanes) is 1. The molecule has 1 aliphatic carbocycles. The van der Waals surface area contributed by atoms with Gasteiger partial charge in [-0.3, -0.25) is 0 Å². The topological polar surface area (TPSA) is 63.4 Å². The second-order valence-corrected chi connectivity index (χ2v) is 7.52. The maximum Gasteiger partial charge on any atom is 0.243 e. The number of nitrogens with two attached hydrogens (primary N) is 1. The van der Waals surface area contributed by atoms with Gasteiger partial charge in [-0.25, -0.2) is 8.42 Å². The van der Waals surface area contributed by atoms with Gasteiger partial charge in [-0.1, -0.05) is 13.3 Å². The van der Waals surface area contributed by atoms with Crippen LogP contribution in [0.2, 0.25) is 0 Å². The minimum Gasteiger partial charge on any atom is -0.399 e. The maximum absolute atomic E-state index is 12.9. The van der Waals surface area contributed by atoms with Crippen LogP contribution < -0.4 is 5.73 Å². The molecule has 0 radical (unpaired) electrons. The van der Waals surface area contributed by atoms with Crippen LogP contribution in [0.3, 0.4) is 0 Å². The van der Waals surface area contributed by atoms with Gasteiger partial charge < -0.3 is 5.73 Å². The minimum absolute atomic E-state index is 0.188. The van der Waals surface area contributed by atoms with Crippen molar-refractivity contribution in [2.75, 3.05) is 12.3 Å². The molecule has 0 aromatic heterocycles. The lowest BCUT2D eigenvalue weighted by Gasteiger charge is -2.23. The van der Waals surface area contributed by atoms with Crippen molar-refractivity contribution in [2.45, 2.75) is 57.4 Å². The Bertz CT molecular complexity index is 592. The summed E-state index contributed by atoms with van der Waals surface area (Å²) in [4.78, 5) is 0.373. The van der Waals surface area contributed by atoms with Crippen molar-refractivity contribution < 1.29 is 8.42 Å². The smallest absolute Gasteiger partial charge is 0.243 e. The third kappa shape index (κ3) is 2.99. The van der Waals surface area contributed by atoms with E-state index in [1.807, 2.05) is 19.9 Å². The van der Waals surface area contributed by atoms with Crippen LogP contribution in [0.1, 0.15) is 43.7 Å². The van der Waals surface area contributed by atoms with E-state index in [0.717, 1.165) is 36.8 Å². The molecule has 1 aromatic carbocycles. The Kier molecular flexibility index (Phi) is 4.39. The van der Waals surface area contributed by atoms with E-state index in [1.165, 1.54) is 0 Å². The van der Waals surface area contributed by atoms with Crippen molar-refractivity contribution in [3.8, 4) is 0 Å². The number of rotatable bonds is 6. The van der Waals surface area contributed by atoms with Crippen LogP contribution in [-0.2, 0) is 10.0 Å². The van der Waals surface area contributed by atoms with Gasteiger partial charge in [0.05, 0.1) is 4.90 Å². The van der Waals surface area contributed by atoms with Gasteiger partial charge in [0, 0.05) is 18.3 Å². The average Bonchev–Trinajstić information content (AvgIpc) is 3.18. The molecule has 1 aromatic rings. The van der Waals surface area contributed by atoms with Gasteiger partial charge in [-0.05, 0) is 56.4 Å². The Balaban J connectivity index is 2.42. The van der Waals surface area contributed by atoms with Gasteiger partial charge in [-0.2, -0.15) is 4.31 Å². The number of nitrogens with zero attached hydrogens (tertiary/aromatic N) is 1. The maximum atomic E-state index is 12.9. The van der Waals surface area contributed by atoms with Crippen LogP contribution >= 0.6 is 0 Å². The molecule has 5 heteroatoms.